The van der Waals surface area contributed by atoms with Crippen molar-refractivity contribution in [3.8, 4) is 0 Å². The van der Waals surface area contributed by atoms with Crippen molar-refractivity contribution in [3.05, 3.63) is 43.2 Å². The second-order valence-electron chi connectivity index (χ2n) is 6.70. The maximum absolute atomic E-state index is 10.3. The van der Waals surface area contributed by atoms with Gasteiger partial charge in [-0.25, -0.2) is 0 Å². The number of nitrogens with zero attached hydrogens (tertiary/aromatic N) is 2. The van der Waals surface area contributed by atoms with E-state index in [0.29, 0.717) is 16.9 Å². The molecule has 0 saturated carbocycles. The first-order valence-electron chi connectivity index (χ1n) is 9.31. The number of nitrogens with one attached hydrogen (secondary N) is 2. The number of halogens is 2. The molecule has 0 aromatic carbocycles. The maximum Gasteiger partial charge on any atom is 0.191 e. The van der Waals surface area contributed by atoms with Crippen molar-refractivity contribution in [3.63, 3.8) is 0 Å². The predicted octanol–water partition coefficient (Wildman–Crippen LogP) is 4.12. The summed E-state index contributed by atoms with van der Waals surface area (Å²) >= 11 is 9.22. The Morgan fingerprint density at radius 3 is 2.89 bits per heavy atom. The van der Waals surface area contributed by atoms with Crippen molar-refractivity contribution in [2.24, 2.45) is 4.99 Å². The van der Waals surface area contributed by atoms with Gasteiger partial charge < -0.3 is 15.7 Å². The normalized spacial score (nSPS) is 16.8. The zero-order valence-corrected chi connectivity index (χ0v) is 20.9. The Balaban J connectivity index is 0.00000280. The zero-order valence-electron chi connectivity index (χ0n) is 16.2. The lowest BCUT2D eigenvalue weighted by atomic mass is 10.1. The van der Waals surface area contributed by atoms with Gasteiger partial charge in [-0.2, -0.15) is 0 Å². The second-order valence-corrected chi connectivity index (χ2v) is 9.44. The fraction of sp³-hybridized carbons (Fsp3) is 0.526. The predicted molar refractivity (Wildman–Crippen MR) is 132 cm³/mol. The summed E-state index contributed by atoms with van der Waals surface area (Å²) in [6.07, 6.45) is 0.539. The molecule has 0 bridgehead atoms. The van der Waals surface area contributed by atoms with Crippen molar-refractivity contribution in [1.82, 2.24) is 15.5 Å². The molecule has 3 N–H and O–H groups in total. The molecule has 0 saturated heterocycles. The highest BCUT2D eigenvalue weighted by molar-refractivity contribution is 14.0. The first kappa shape index (κ1) is 23.9. The number of fused-ring (bicyclic) bond motifs is 1. The lowest BCUT2D eigenvalue weighted by Gasteiger charge is -2.31. The van der Waals surface area contributed by atoms with Crippen LogP contribution in [-0.2, 0) is 13.0 Å². The summed E-state index contributed by atoms with van der Waals surface area (Å²) in [5.74, 6) is 0.735. The summed E-state index contributed by atoms with van der Waals surface area (Å²) in [4.78, 5) is 9.60. The molecule has 2 aromatic heterocycles. The van der Waals surface area contributed by atoms with Crippen LogP contribution < -0.4 is 10.6 Å². The van der Waals surface area contributed by atoms with Gasteiger partial charge in [-0.1, -0.05) is 11.6 Å². The Morgan fingerprint density at radius 1 is 1.36 bits per heavy atom. The lowest BCUT2D eigenvalue weighted by Crippen LogP contribution is -2.42. The van der Waals surface area contributed by atoms with Gasteiger partial charge in [0.2, 0.25) is 0 Å². The first-order chi connectivity index (χ1) is 13.1. The van der Waals surface area contributed by atoms with Crippen LogP contribution in [0, 0.1) is 0 Å². The number of rotatable bonds is 7. The molecule has 0 aliphatic carbocycles. The van der Waals surface area contributed by atoms with Gasteiger partial charge in [0.25, 0.3) is 0 Å². The molecule has 2 unspecified atom stereocenters. The topological polar surface area (TPSA) is 59.9 Å². The third kappa shape index (κ3) is 6.56. The van der Waals surface area contributed by atoms with E-state index in [-0.39, 0.29) is 24.0 Å². The molecule has 5 nitrogen and oxygen atoms in total. The van der Waals surface area contributed by atoms with Crippen LogP contribution in [0.4, 0.5) is 0 Å². The van der Waals surface area contributed by atoms with Gasteiger partial charge in [-0.15, -0.1) is 46.7 Å². The standard InChI is InChI=1S/C19H27ClN4OS2.HI/c1-3-21-19(23-11-15(25)17-4-5-18(20)27-17)22-10-13(2)24-8-6-16-14(12-24)7-9-26-16;/h4-5,7,9,13,15,25H,3,6,8,10-12H2,1-2H3,(H2,21,22,23);1H. The lowest BCUT2D eigenvalue weighted by molar-refractivity contribution is 0.184. The molecule has 3 rings (SSSR count). The molecule has 0 spiro atoms. The highest BCUT2D eigenvalue weighted by Gasteiger charge is 2.21. The van der Waals surface area contributed by atoms with E-state index in [4.69, 9.17) is 16.6 Å². The molecule has 3 heterocycles. The van der Waals surface area contributed by atoms with Gasteiger partial charge in [0.1, 0.15) is 6.10 Å². The Bertz CT molecular complexity index is 767. The average Bonchev–Trinajstić information content (AvgIpc) is 3.31. The van der Waals surface area contributed by atoms with Gasteiger partial charge in [-0.3, -0.25) is 9.89 Å². The van der Waals surface area contributed by atoms with Crippen LogP contribution in [0.1, 0.15) is 35.3 Å². The van der Waals surface area contributed by atoms with Crippen LogP contribution in [0.5, 0.6) is 0 Å². The number of aliphatic hydroxyl groups excluding tert-OH is 1. The average molecular weight is 555 g/mol. The van der Waals surface area contributed by atoms with E-state index in [1.807, 2.05) is 30.4 Å². The summed E-state index contributed by atoms with van der Waals surface area (Å²) in [5, 5.41) is 19.0. The highest BCUT2D eigenvalue weighted by Crippen LogP contribution is 2.26. The minimum absolute atomic E-state index is 0. The molecular weight excluding hydrogens is 527 g/mol. The monoisotopic (exact) mass is 554 g/mol. The molecule has 0 fully saturated rings. The SMILES string of the molecule is CCNC(=NCC(C)N1CCc2sccc2C1)NCC(O)c1ccc(Cl)s1.I. The Labute approximate surface area is 197 Å². The number of guanidine groups is 1. The van der Waals surface area contributed by atoms with E-state index in [9.17, 15) is 5.11 Å². The second kappa shape index (κ2) is 11.7. The summed E-state index contributed by atoms with van der Waals surface area (Å²) in [6, 6.07) is 6.28. The van der Waals surface area contributed by atoms with Gasteiger partial charge in [-0.05, 0) is 49.4 Å². The van der Waals surface area contributed by atoms with Gasteiger partial charge in [0, 0.05) is 42.0 Å². The van der Waals surface area contributed by atoms with Crippen molar-refractivity contribution < 1.29 is 5.11 Å². The molecular formula is C19H28ClIN4OS2. The molecule has 9 heteroatoms. The minimum Gasteiger partial charge on any atom is -0.386 e. The third-order valence-electron chi connectivity index (χ3n) is 4.70. The molecule has 156 valence electrons. The molecule has 2 atom stereocenters. The minimum atomic E-state index is -0.595. The van der Waals surface area contributed by atoms with Crippen LogP contribution in [0.15, 0.2) is 28.6 Å². The van der Waals surface area contributed by atoms with Crippen LogP contribution in [0.25, 0.3) is 0 Å². The molecule has 0 radical (unpaired) electrons. The van der Waals surface area contributed by atoms with Crippen molar-refractivity contribution in [1.29, 1.82) is 0 Å². The highest BCUT2D eigenvalue weighted by atomic mass is 127. The van der Waals surface area contributed by atoms with Crippen molar-refractivity contribution >= 4 is 64.2 Å². The van der Waals surface area contributed by atoms with Gasteiger partial charge >= 0.3 is 0 Å². The van der Waals surface area contributed by atoms with Gasteiger partial charge in [0.15, 0.2) is 5.96 Å². The van der Waals surface area contributed by atoms with E-state index in [0.717, 1.165) is 43.4 Å². The van der Waals surface area contributed by atoms with E-state index >= 15 is 0 Å². The van der Waals surface area contributed by atoms with E-state index in [2.05, 4.69) is 33.9 Å². The fourth-order valence-corrected chi connectivity index (χ4v) is 5.07. The smallest absolute Gasteiger partial charge is 0.191 e. The molecule has 0 amide bonds. The molecule has 1 aliphatic rings. The van der Waals surface area contributed by atoms with Crippen molar-refractivity contribution in [2.45, 2.75) is 39.0 Å². The third-order valence-corrected chi connectivity index (χ3v) is 7.06. The van der Waals surface area contributed by atoms with Crippen LogP contribution in [0.3, 0.4) is 0 Å². The number of hydrogen-bond acceptors (Lipinski definition) is 5. The summed E-state index contributed by atoms with van der Waals surface area (Å²) in [5.41, 5.74) is 1.46. The number of thiophene rings is 2. The maximum atomic E-state index is 10.3. The molecule has 28 heavy (non-hydrogen) atoms. The molecule has 2 aromatic rings. The quantitative estimate of drug-likeness (QED) is 0.274. The Hall–Kier alpha value is -0.390. The Kier molecular flexibility index (Phi) is 9.99. The van der Waals surface area contributed by atoms with E-state index in [1.165, 1.54) is 21.8 Å². The number of aliphatic hydroxyl groups is 1. The fourth-order valence-electron chi connectivity index (χ4n) is 3.13. The van der Waals surface area contributed by atoms with E-state index < -0.39 is 6.10 Å². The van der Waals surface area contributed by atoms with Gasteiger partial charge in [0.05, 0.1) is 10.9 Å². The number of aliphatic imine (C=N–C) groups is 1. The summed E-state index contributed by atoms with van der Waals surface area (Å²) in [7, 11) is 0. The summed E-state index contributed by atoms with van der Waals surface area (Å²) in [6.45, 7) is 8.27. The molecule has 1 aliphatic heterocycles. The van der Waals surface area contributed by atoms with Crippen molar-refractivity contribution in [2.75, 3.05) is 26.2 Å². The first-order valence-corrected chi connectivity index (χ1v) is 11.4. The van der Waals surface area contributed by atoms with Crippen LogP contribution in [-0.4, -0.2) is 48.2 Å². The summed E-state index contributed by atoms with van der Waals surface area (Å²) < 4.78 is 0.689. The van der Waals surface area contributed by atoms with Crippen LogP contribution in [0.2, 0.25) is 4.34 Å². The Morgan fingerprint density at radius 2 is 2.18 bits per heavy atom. The van der Waals surface area contributed by atoms with Crippen LogP contribution >= 0.6 is 58.3 Å². The zero-order chi connectivity index (χ0) is 19.2. The van der Waals surface area contributed by atoms with E-state index in [1.54, 1.807) is 0 Å². The largest absolute Gasteiger partial charge is 0.386 e. The number of hydrogen-bond donors (Lipinski definition) is 3.